The molecule has 0 N–H and O–H groups in total. The summed E-state index contributed by atoms with van der Waals surface area (Å²) >= 11 is 0. The molecule has 5 rings (SSSR count). The zero-order chi connectivity index (χ0) is 14.0. The minimum Gasteiger partial charge on any atom is -0.453 e. The van der Waals surface area contributed by atoms with Crippen molar-refractivity contribution in [2.45, 2.75) is 0 Å². The second-order valence-corrected chi connectivity index (χ2v) is 5.33. The number of rotatable bonds is 0. The fraction of sp³-hybridized carbons (Fsp3) is 0. The Hall–Kier alpha value is -2.68. The highest BCUT2D eigenvalue weighted by molar-refractivity contribution is 6.32. The van der Waals surface area contributed by atoms with Gasteiger partial charge >= 0.3 is 0 Å². The summed E-state index contributed by atoms with van der Waals surface area (Å²) in [4.78, 5) is 0. The lowest BCUT2D eigenvalue weighted by molar-refractivity contribution is 0.477. The zero-order valence-corrected chi connectivity index (χ0v) is 11.2. The zero-order valence-electron chi connectivity index (χ0n) is 11.2. The van der Waals surface area contributed by atoms with Gasteiger partial charge in [0.25, 0.3) is 0 Å². The van der Waals surface area contributed by atoms with Crippen LogP contribution in [0.2, 0.25) is 0 Å². The van der Waals surface area contributed by atoms with E-state index >= 15 is 0 Å². The van der Waals surface area contributed by atoms with Crippen LogP contribution in [0.1, 0.15) is 0 Å². The highest BCUT2D eigenvalue weighted by Crippen LogP contribution is 2.44. The molecule has 1 aromatic heterocycles. The molecule has 1 aliphatic heterocycles. The normalized spacial score (nSPS) is 12.4. The average molecular weight is 267 g/mol. The smallest absolute Gasteiger partial charge is 0.152 e. The van der Waals surface area contributed by atoms with E-state index in [0.717, 1.165) is 22.7 Å². The van der Waals surface area contributed by atoms with E-state index in [-0.39, 0.29) is 0 Å². The minimum atomic E-state index is 0.709. The standard InChI is InChI=1S/C18H10BNO/c19-11-8-9-15-17(10-11)21-16-7-3-5-13-12-4-1-2-6-14(12)20(15)18(13)16/h1-10H. The molecule has 0 atom stereocenters. The van der Waals surface area contributed by atoms with Gasteiger partial charge in [-0.25, -0.2) is 0 Å². The largest absolute Gasteiger partial charge is 0.453 e. The van der Waals surface area contributed by atoms with Crippen molar-refractivity contribution in [3.8, 4) is 17.2 Å². The third kappa shape index (κ3) is 1.33. The number of para-hydroxylation sites is 2. The number of hydrogen-bond donors (Lipinski definition) is 0. The number of hydrogen-bond acceptors (Lipinski definition) is 1. The molecule has 0 saturated heterocycles. The molecule has 0 unspecified atom stereocenters. The van der Waals surface area contributed by atoms with Gasteiger partial charge in [-0.3, -0.25) is 0 Å². The Kier molecular flexibility index (Phi) is 1.94. The summed E-state index contributed by atoms with van der Waals surface area (Å²) in [6.45, 7) is 0. The Morgan fingerprint density at radius 3 is 2.62 bits per heavy atom. The van der Waals surface area contributed by atoms with Crippen molar-refractivity contribution in [1.29, 1.82) is 0 Å². The lowest BCUT2D eigenvalue weighted by Gasteiger charge is -2.21. The Morgan fingerprint density at radius 2 is 1.67 bits per heavy atom. The second-order valence-electron chi connectivity index (χ2n) is 5.33. The van der Waals surface area contributed by atoms with E-state index in [1.807, 2.05) is 30.3 Å². The lowest BCUT2D eigenvalue weighted by atomic mass is 9.95. The molecule has 0 aliphatic carbocycles. The number of nitrogens with zero attached hydrogens (tertiary/aromatic N) is 1. The number of fused-ring (bicyclic) bond motifs is 5. The van der Waals surface area contributed by atoms with E-state index in [0.29, 0.717) is 5.46 Å². The molecule has 2 nitrogen and oxygen atoms in total. The molecule has 21 heavy (non-hydrogen) atoms. The van der Waals surface area contributed by atoms with Crippen LogP contribution >= 0.6 is 0 Å². The molecule has 96 valence electrons. The summed E-state index contributed by atoms with van der Waals surface area (Å²) in [5, 5.41) is 2.45. The van der Waals surface area contributed by atoms with E-state index in [4.69, 9.17) is 12.6 Å². The predicted molar refractivity (Wildman–Crippen MR) is 86.2 cm³/mol. The van der Waals surface area contributed by atoms with Gasteiger partial charge < -0.3 is 9.30 Å². The van der Waals surface area contributed by atoms with Gasteiger partial charge in [-0.1, -0.05) is 41.9 Å². The molecule has 3 aromatic carbocycles. The highest BCUT2D eigenvalue weighted by Gasteiger charge is 2.22. The Balaban J connectivity index is 2.07. The van der Waals surface area contributed by atoms with E-state index in [1.54, 1.807) is 0 Å². The first-order valence-corrected chi connectivity index (χ1v) is 6.93. The molecule has 4 aromatic rings. The Bertz CT molecular complexity index is 1030. The van der Waals surface area contributed by atoms with E-state index in [1.165, 1.54) is 16.3 Å². The average Bonchev–Trinajstić information content (AvgIpc) is 2.84. The van der Waals surface area contributed by atoms with Crippen LogP contribution in [0.5, 0.6) is 11.5 Å². The maximum absolute atomic E-state index is 6.06. The van der Waals surface area contributed by atoms with E-state index in [2.05, 4.69) is 34.9 Å². The van der Waals surface area contributed by atoms with Crippen molar-refractivity contribution in [2.24, 2.45) is 0 Å². The van der Waals surface area contributed by atoms with Crippen LogP contribution in [0.4, 0.5) is 0 Å². The van der Waals surface area contributed by atoms with Gasteiger partial charge in [-0.2, -0.15) is 0 Å². The van der Waals surface area contributed by atoms with Gasteiger partial charge in [0.05, 0.1) is 16.7 Å². The summed E-state index contributed by atoms with van der Waals surface area (Å²) in [6, 6.07) is 20.4. The van der Waals surface area contributed by atoms with Crippen LogP contribution in [0, 0.1) is 0 Å². The van der Waals surface area contributed by atoms with Crippen molar-refractivity contribution >= 4 is 35.1 Å². The van der Waals surface area contributed by atoms with Gasteiger partial charge in [0, 0.05) is 10.8 Å². The summed E-state index contributed by atoms with van der Waals surface area (Å²) in [5.74, 6) is 1.68. The van der Waals surface area contributed by atoms with Gasteiger partial charge in [0.15, 0.2) is 11.5 Å². The summed E-state index contributed by atoms with van der Waals surface area (Å²) in [6.07, 6.45) is 0. The second kappa shape index (κ2) is 3.70. The first kappa shape index (κ1) is 11.0. The Labute approximate surface area is 123 Å². The van der Waals surface area contributed by atoms with Gasteiger partial charge in [-0.15, -0.1) is 0 Å². The maximum atomic E-state index is 6.06. The third-order valence-electron chi connectivity index (χ3n) is 4.10. The third-order valence-corrected chi connectivity index (χ3v) is 4.10. The maximum Gasteiger partial charge on any atom is 0.152 e. The number of benzene rings is 3. The van der Waals surface area contributed by atoms with Crippen LogP contribution in [0.3, 0.4) is 0 Å². The Morgan fingerprint density at radius 1 is 0.810 bits per heavy atom. The van der Waals surface area contributed by atoms with E-state index < -0.39 is 0 Å². The first-order valence-electron chi connectivity index (χ1n) is 6.93. The van der Waals surface area contributed by atoms with Crippen molar-refractivity contribution in [2.75, 3.05) is 0 Å². The fourth-order valence-corrected chi connectivity index (χ4v) is 3.24. The quantitative estimate of drug-likeness (QED) is 0.390. The van der Waals surface area contributed by atoms with E-state index in [9.17, 15) is 0 Å². The molecule has 0 fully saturated rings. The topological polar surface area (TPSA) is 14.2 Å². The van der Waals surface area contributed by atoms with Crippen LogP contribution in [0.15, 0.2) is 60.7 Å². The molecule has 3 heteroatoms. The van der Waals surface area contributed by atoms with Crippen LogP contribution < -0.4 is 10.2 Å². The molecular weight excluding hydrogens is 257 g/mol. The van der Waals surface area contributed by atoms with Gasteiger partial charge in [-0.05, 0) is 24.3 Å². The molecule has 0 saturated carbocycles. The van der Waals surface area contributed by atoms with Crippen molar-refractivity contribution in [1.82, 2.24) is 4.57 Å². The van der Waals surface area contributed by atoms with Gasteiger partial charge in [0.2, 0.25) is 0 Å². The molecule has 0 bridgehead atoms. The molecular formula is C18H10BNO. The molecule has 2 radical (unpaired) electrons. The number of aromatic nitrogens is 1. The molecule has 1 aliphatic rings. The van der Waals surface area contributed by atoms with Crippen molar-refractivity contribution in [3.63, 3.8) is 0 Å². The van der Waals surface area contributed by atoms with Gasteiger partial charge in [0.1, 0.15) is 7.85 Å². The molecule has 2 heterocycles. The monoisotopic (exact) mass is 267 g/mol. The predicted octanol–water partition coefficient (Wildman–Crippen LogP) is 3.68. The van der Waals surface area contributed by atoms with Crippen LogP contribution in [0.25, 0.3) is 27.5 Å². The molecule has 0 amide bonds. The lowest BCUT2D eigenvalue weighted by Crippen LogP contribution is -2.09. The van der Waals surface area contributed by atoms with Crippen molar-refractivity contribution in [3.05, 3.63) is 60.7 Å². The summed E-state index contributed by atoms with van der Waals surface area (Å²) in [5.41, 5.74) is 4.06. The fourth-order valence-electron chi connectivity index (χ4n) is 3.24. The highest BCUT2D eigenvalue weighted by atomic mass is 16.5. The number of ether oxygens (including phenoxy) is 1. The minimum absolute atomic E-state index is 0.709. The van der Waals surface area contributed by atoms with Crippen molar-refractivity contribution < 1.29 is 4.74 Å². The summed E-state index contributed by atoms with van der Waals surface area (Å²) < 4.78 is 8.32. The summed E-state index contributed by atoms with van der Waals surface area (Å²) in [7, 11) is 5.90. The SMILES string of the molecule is [B]c1ccc2c(c1)Oc1cccc3c4ccccc4n-2c13. The van der Waals surface area contributed by atoms with Crippen LogP contribution in [-0.2, 0) is 0 Å². The molecule has 0 spiro atoms. The van der Waals surface area contributed by atoms with Crippen LogP contribution in [-0.4, -0.2) is 12.4 Å². The first-order chi connectivity index (χ1) is 10.3.